The number of nitrogens with one attached hydrogen (secondary N) is 1. The minimum Gasteiger partial charge on any atom is -0.342 e. The van der Waals surface area contributed by atoms with Gasteiger partial charge in [0.1, 0.15) is 0 Å². The van der Waals surface area contributed by atoms with E-state index < -0.39 is 0 Å². The molecule has 100 valence electrons. The van der Waals surface area contributed by atoms with Crippen molar-refractivity contribution in [2.45, 2.75) is 26.3 Å². The number of pyridine rings is 1. The summed E-state index contributed by atoms with van der Waals surface area (Å²) in [5.74, 6) is 0.241. The second-order valence-corrected chi connectivity index (χ2v) is 4.86. The zero-order valence-electron chi connectivity index (χ0n) is 11.1. The lowest BCUT2D eigenvalue weighted by Crippen LogP contribution is -2.35. The van der Waals surface area contributed by atoms with Crippen molar-refractivity contribution in [3.63, 3.8) is 0 Å². The third-order valence-corrected chi connectivity index (χ3v) is 3.02. The fraction of sp³-hybridized carbons (Fsp3) is 0.538. The molecule has 1 aromatic heterocycles. The van der Waals surface area contributed by atoms with Gasteiger partial charge in [0, 0.05) is 37.5 Å². The molecule has 0 saturated carbocycles. The lowest BCUT2D eigenvalue weighted by molar-refractivity contribution is 0.0789. The third-order valence-electron chi connectivity index (χ3n) is 3.02. The van der Waals surface area contributed by atoms with Gasteiger partial charge in [-0.15, -0.1) is 0 Å². The Bertz CT molecular complexity index is 454. The number of carbonyl (C=O) groups excluding carboxylic acids is 1. The Labute approximate surface area is 107 Å². The van der Waals surface area contributed by atoms with E-state index in [1.807, 2.05) is 0 Å². The minimum atomic E-state index is -0.270. The molecule has 18 heavy (non-hydrogen) atoms. The molecule has 1 rings (SSSR count). The summed E-state index contributed by atoms with van der Waals surface area (Å²) in [6.07, 6.45) is 2.23. The summed E-state index contributed by atoms with van der Waals surface area (Å²) in [6.45, 7) is 4.71. The Morgan fingerprint density at radius 1 is 1.50 bits per heavy atom. The van der Waals surface area contributed by atoms with Gasteiger partial charge in [-0.25, -0.2) is 0 Å². The molecular weight excluding hydrogens is 230 g/mol. The average Bonchev–Trinajstić information content (AvgIpc) is 2.34. The fourth-order valence-corrected chi connectivity index (χ4v) is 1.58. The van der Waals surface area contributed by atoms with E-state index in [0.717, 1.165) is 6.42 Å². The Morgan fingerprint density at radius 2 is 2.17 bits per heavy atom. The molecule has 0 aromatic carbocycles. The molecule has 5 nitrogen and oxygen atoms in total. The van der Waals surface area contributed by atoms with Gasteiger partial charge in [0.25, 0.3) is 5.91 Å². The van der Waals surface area contributed by atoms with Gasteiger partial charge in [-0.3, -0.25) is 9.59 Å². The number of hydrogen-bond acceptors (Lipinski definition) is 3. The Balaban J connectivity index is 2.59. The highest BCUT2D eigenvalue weighted by Crippen LogP contribution is 2.06. The van der Waals surface area contributed by atoms with Crippen molar-refractivity contribution in [1.29, 1.82) is 0 Å². The standard InChI is InChI=1S/C13H21N3O2/c1-9(2)11(14)5-7-16(3)13(18)10-4-6-15-12(17)8-10/h4,6,8-9,11H,5,7,14H2,1-3H3,(H,15,17). The molecule has 0 radical (unpaired) electrons. The van der Waals surface area contributed by atoms with E-state index in [4.69, 9.17) is 5.73 Å². The molecule has 0 bridgehead atoms. The van der Waals surface area contributed by atoms with Crippen molar-refractivity contribution in [1.82, 2.24) is 9.88 Å². The van der Waals surface area contributed by atoms with Gasteiger partial charge in [0.15, 0.2) is 0 Å². The first kappa shape index (κ1) is 14.4. The lowest BCUT2D eigenvalue weighted by atomic mass is 10.0. The molecule has 1 atom stereocenters. The van der Waals surface area contributed by atoms with Gasteiger partial charge < -0.3 is 15.6 Å². The Kier molecular flexibility index (Phi) is 5.09. The number of amides is 1. The molecule has 1 unspecified atom stereocenters. The number of H-pyrrole nitrogens is 1. The maximum absolute atomic E-state index is 12.0. The molecule has 3 N–H and O–H groups in total. The van der Waals surface area contributed by atoms with Crippen molar-refractivity contribution >= 4 is 5.91 Å². The highest BCUT2D eigenvalue weighted by Gasteiger charge is 2.14. The van der Waals surface area contributed by atoms with E-state index in [9.17, 15) is 9.59 Å². The van der Waals surface area contributed by atoms with Gasteiger partial charge in [-0.05, 0) is 18.4 Å². The molecule has 0 saturated heterocycles. The molecular formula is C13H21N3O2. The number of aromatic nitrogens is 1. The molecule has 1 aromatic rings. The predicted octanol–water partition coefficient (Wildman–Crippen LogP) is 0.820. The van der Waals surface area contributed by atoms with Crippen molar-refractivity contribution in [2.24, 2.45) is 11.7 Å². The third kappa shape index (κ3) is 4.00. The summed E-state index contributed by atoms with van der Waals surface area (Å²) in [5.41, 5.74) is 6.07. The van der Waals surface area contributed by atoms with E-state index in [2.05, 4.69) is 18.8 Å². The summed E-state index contributed by atoms with van der Waals surface area (Å²) in [5, 5.41) is 0. The number of nitrogens with two attached hydrogens (primary N) is 1. The first-order valence-corrected chi connectivity index (χ1v) is 6.11. The van der Waals surface area contributed by atoms with Crippen LogP contribution in [0.15, 0.2) is 23.1 Å². The number of rotatable bonds is 5. The molecule has 0 aliphatic carbocycles. The van der Waals surface area contributed by atoms with E-state index in [1.165, 1.54) is 12.3 Å². The number of aromatic amines is 1. The zero-order valence-corrected chi connectivity index (χ0v) is 11.1. The Hall–Kier alpha value is -1.62. The highest BCUT2D eigenvalue weighted by atomic mass is 16.2. The molecule has 0 fully saturated rings. The minimum absolute atomic E-state index is 0.0828. The van der Waals surface area contributed by atoms with Crippen LogP contribution >= 0.6 is 0 Å². The van der Waals surface area contributed by atoms with E-state index in [1.54, 1.807) is 18.0 Å². The molecule has 5 heteroatoms. The van der Waals surface area contributed by atoms with Crippen LogP contribution in [0.25, 0.3) is 0 Å². The quantitative estimate of drug-likeness (QED) is 0.813. The number of nitrogens with zero attached hydrogens (tertiary/aromatic N) is 1. The van der Waals surface area contributed by atoms with Crippen LogP contribution in [0.2, 0.25) is 0 Å². The van der Waals surface area contributed by atoms with Crippen molar-refractivity contribution in [3.05, 3.63) is 34.2 Å². The van der Waals surface area contributed by atoms with Crippen molar-refractivity contribution < 1.29 is 4.79 Å². The van der Waals surface area contributed by atoms with Gasteiger partial charge in [0.2, 0.25) is 5.56 Å². The van der Waals surface area contributed by atoms with Gasteiger partial charge in [-0.1, -0.05) is 13.8 Å². The zero-order chi connectivity index (χ0) is 13.7. The molecule has 0 aliphatic heterocycles. The number of hydrogen-bond donors (Lipinski definition) is 2. The summed E-state index contributed by atoms with van der Waals surface area (Å²) in [6, 6.07) is 2.99. The predicted molar refractivity (Wildman–Crippen MR) is 71.5 cm³/mol. The number of carbonyl (C=O) groups is 1. The topological polar surface area (TPSA) is 79.2 Å². The van der Waals surface area contributed by atoms with E-state index >= 15 is 0 Å². The van der Waals surface area contributed by atoms with Gasteiger partial charge >= 0.3 is 0 Å². The van der Waals surface area contributed by atoms with Gasteiger partial charge in [0.05, 0.1) is 0 Å². The first-order valence-electron chi connectivity index (χ1n) is 6.11. The fourth-order valence-electron chi connectivity index (χ4n) is 1.58. The van der Waals surface area contributed by atoms with Crippen LogP contribution in [0.5, 0.6) is 0 Å². The van der Waals surface area contributed by atoms with Crippen LogP contribution in [-0.2, 0) is 0 Å². The highest BCUT2D eigenvalue weighted by molar-refractivity contribution is 5.93. The van der Waals surface area contributed by atoms with Crippen LogP contribution in [0.4, 0.5) is 0 Å². The monoisotopic (exact) mass is 251 g/mol. The lowest BCUT2D eigenvalue weighted by Gasteiger charge is -2.21. The van der Waals surface area contributed by atoms with Crippen molar-refractivity contribution in [3.8, 4) is 0 Å². The van der Waals surface area contributed by atoms with Crippen LogP contribution in [0, 0.1) is 5.92 Å². The largest absolute Gasteiger partial charge is 0.342 e. The van der Waals surface area contributed by atoms with E-state index in [0.29, 0.717) is 18.0 Å². The summed E-state index contributed by atoms with van der Waals surface area (Å²) >= 11 is 0. The normalized spacial score (nSPS) is 12.5. The molecule has 1 amide bonds. The summed E-state index contributed by atoms with van der Waals surface area (Å²) in [7, 11) is 1.72. The maximum atomic E-state index is 12.0. The second kappa shape index (κ2) is 6.35. The van der Waals surface area contributed by atoms with Crippen LogP contribution in [0.3, 0.4) is 0 Å². The van der Waals surface area contributed by atoms with Crippen LogP contribution in [0.1, 0.15) is 30.6 Å². The van der Waals surface area contributed by atoms with Crippen molar-refractivity contribution in [2.75, 3.05) is 13.6 Å². The average molecular weight is 251 g/mol. The Morgan fingerprint density at radius 3 is 2.72 bits per heavy atom. The maximum Gasteiger partial charge on any atom is 0.253 e. The second-order valence-electron chi connectivity index (χ2n) is 4.86. The van der Waals surface area contributed by atoms with Crippen LogP contribution < -0.4 is 11.3 Å². The first-order chi connectivity index (χ1) is 8.41. The molecule has 0 spiro atoms. The summed E-state index contributed by atoms with van der Waals surface area (Å²) in [4.78, 5) is 27.2. The summed E-state index contributed by atoms with van der Waals surface area (Å²) < 4.78 is 0. The van der Waals surface area contributed by atoms with E-state index in [-0.39, 0.29) is 17.5 Å². The SMILES string of the molecule is CC(C)C(N)CCN(C)C(=O)c1cc[nH]c(=O)c1. The van der Waals surface area contributed by atoms with Gasteiger partial charge in [-0.2, -0.15) is 0 Å². The van der Waals surface area contributed by atoms with Crippen LogP contribution in [-0.4, -0.2) is 35.4 Å². The smallest absolute Gasteiger partial charge is 0.253 e. The molecule has 0 aliphatic rings. The molecule has 1 heterocycles.